The molecule has 0 spiro atoms. The van der Waals surface area contributed by atoms with E-state index in [-0.39, 0.29) is 6.10 Å². The van der Waals surface area contributed by atoms with Crippen molar-refractivity contribution in [2.75, 3.05) is 5.32 Å². The van der Waals surface area contributed by atoms with Crippen LogP contribution in [0.25, 0.3) is 0 Å². The SMILES string of the molecule is CCC(C)Nc1nc(C)cc(OC(C)C)n1. The summed E-state index contributed by atoms with van der Waals surface area (Å²) in [6.07, 6.45) is 1.17. The third-order valence-electron chi connectivity index (χ3n) is 2.18. The van der Waals surface area contributed by atoms with Gasteiger partial charge >= 0.3 is 0 Å². The number of aryl methyl sites for hydroxylation is 1. The Balaban J connectivity index is 2.81. The fourth-order valence-corrected chi connectivity index (χ4v) is 1.23. The number of aromatic nitrogens is 2. The molecule has 0 fully saturated rings. The highest BCUT2D eigenvalue weighted by Gasteiger charge is 2.06. The zero-order chi connectivity index (χ0) is 12.1. The van der Waals surface area contributed by atoms with Crippen molar-refractivity contribution < 1.29 is 4.74 Å². The molecular weight excluding hydrogens is 202 g/mol. The maximum atomic E-state index is 5.56. The van der Waals surface area contributed by atoms with Gasteiger partial charge in [0, 0.05) is 17.8 Å². The molecule has 16 heavy (non-hydrogen) atoms. The van der Waals surface area contributed by atoms with E-state index in [0.29, 0.717) is 17.9 Å². The van der Waals surface area contributed by atoms with Gasteiger partial charge in [0.1, 0.15) is 0 Å². The summed E-state index contributed by atoms with van der Waals surface area (Å²) in [4.78, 5) is 8.64. The smallest absolute Gasteiger partial charge is 0.226 e. The molecule has 4 nitrogen and oxygen atoms in total. The van der Waals surface area contributed by atoms with E-state index in [2.05, 4.69) is 29.1 Å². The van der Waals surface area contributed by atoms with Crippen molar-refractivity contribution in [2.24, 2.45) is 0 Å². The lowest BCUT2D eigenvalue weighted by molar-refractivity contribution is 0.232. The molecule has 0 aromatic carbocycles. The molecule has 0 saturated carbocycles. The Morgan fingerprint density at radius 3 is 2.56 bits per heavy atom. The topological polar surface area (TPSA) is 47.0 Å². The minimum absolute atomic E-state index is 0.130. The number of hydrogen-bond acceptors (Lipinski definition) is 4. The van der Waals surface area contributed by atoms with E-state index in [1.54, 1.807) is 0 Å². The van der Waals surface area contributed by atoms with Crippen molar-refractivity contribution in [2.45, 2.75) is 53.2 Å². The zero-order valence-electron chi connectivity index (χ0n) is 10.7. The highest BCUT2D eigenvalue weighted by atomic mass is 16.5. The summed E-state index contributed by atoms with van der Waals surface area (Å²) >= 11 is 0. The lowest BCUT2D eigenvalue weighted by Gasteiger charge is -2.14. The summed E-state index contributed by atoms with van der Waals surface area (Å²) in [5.41, 5.74) is 0.913. The third kappa shape index (κ3) is 4.04. The Kier molecular flexibility index (Phi) is 4.52. The number of rotatable bonds is 5. The molecule has 1 N–H and O–H groups in total. The first kappa shape index (κ1) is 12.7. The van der Waals surface area contributed by atoms with Crippen LogP contribution in [0.1, 0.15) is 39.8 Å². The monoisotopic (exact) mass is 223 g/mol. The average Bonchev–Trinajstić information content (AvgIpc) is 2.15. The lowest BCUT2D eigenvalue weighted by Crippen LogP contribution is -2.17. The Bertz CT molecular complexity index is 339. The van der Waals surface area contributed by atoms with Gasteiger partial charge in [-0.3, -0.25) is 0 Å². The minimum Gasteiger partial charge on any atom is -0.475 e. The van der Waals surface area contributed by atoms with E-state index >= 15 is 0 Å². The van der Waals surface area contributed by atoms with Crippen LogP contribution in [0.2, 0.25) is 0 Å². The first-order valence-corrected chi connectivity index (χ1v) is 5.80. The van der Waals surface area contributed by atoms with Crippen LogP contribution in [0, 0.1) is 6.92 Å². The molecule has 90 valence electrons. The summed E-state index contributed by atoms with van der Waals surface area (Å²) in [7, 11) is 0. The first-order chi connectivity index (χ1) is 7.51. The summed E-state index contributed by atoms with van der Waals surface area (Å²) in [5.74, 6) is 1.28. The number of nitrogens with zero attached hydrogens (tertiary/aromatic N) is 2. The summed E-state index contributed by atoms with van der Waals surface area (Å²) in [6.45, 7) is 10.1. The van der Waals surface area contributed by atoms with Crippen LogP contribution in [0.5, 0.6) is 5.88 Å². The standard InChI is InChI=1S/C12H21N3O/c1-6-9(4)13-12-14-10(5)7-11(15-12)16-8(2)3/h7-9H,6H2,1-5H3,(H,13,14,15). The van der Waals surface area contributed by atoms with E-state index in [4.69, 9.17) is 4.74 Å². The van der Waals surface area contributed by atoms with E-state index in [0.717, 1.165) is 12.1 Å². The van der Waals surface area contributed by atoms with E-state index in [9.17, 15) is 0 Å². The van der Waals surface area contributed by atoms with Gasteiger partial charge in [0.25, 0.3) is 0 Å². The van der Waals surface area contributed by atoms with Gasteiger partial charge in [0.2, 0.25) is 11.8 Å². The second kappa shape index (κ2) is 5.68. The Labute approximate surface area is 97.5 Å². The molecule has 4 heteroatoms. The fourth-order valence-electron chi connectivity index (χ4n) is 1.23. The van der Waals surface area contributed by atoms with Crippen molar-refractivity contribution in [3.8, 4) is 5.88 Å². The van der Waals surface area contributed by atoms with Crippen LogP contribution in [-0.2, 0) is 0 Å². The van der Waals surface area contributed by atoms with Crippen molar-refractivity contribution >= 4 is 5.95 Å². The van der Waals surface area contributed by atoms with Crippen molar-refractivity contribution in [1.29, 1.82) is 0 Å². The molecule has 1 rings (SSSR count). The molecule has 0 bridgehead atoms. The van der Waals surface area contributed by atoms with Crippen molar-refractivity contribution in [1.82, 2.24) is 9.97 Å². The van der Waals surface area contributed by atoms with E-state index in [1.807, 2.05) is 26.8 Å². The largest absolute Gasteiger partial charge is 0.475 e. The second-order valence-electron chi connectivity index (χ2n) is 4.29. The number of nitrogens with one attached hydrogen (secondary N) is 1. The molecule has 0 amide bonds. The van der Waals surface area contributed by atoms with Gasteiger partial charge in [-0.1, -0.05) is 6.92 Å². The normalized spacial score (nSPS) is 12.6. The van der Waals surface area contributed by atoms with Crippen LogP contribution in [0.15, 0.2) is 6.07 Å². The van der Waals surface area contributed by atoms with Gasteiger partial charge in [0.15, 0.2) is 0 Å². The van der Waals surface area contributed by atoms with Crippen LogP contribution in [-0.4, -0.2) is 22.1 Å². The van der Waals surface area contributed by atoms with E-state index < -0.39 is 0 Å². The predicted molar refractivity (Wildman–Crippen MR) is 65.9 cm³/mol. The summed E-state index contributed by atoms with van der Waals surface area (Å²) in [6, 6.07) is 2.22. The Morgan fingerprint density at radius 1 is 1.31 bits per heavy atom. The van der Waals surface area contributed by atoms with Crippen LogP contribution in [0.4, 0.5) is 5.95 Å². The molecule has 0 aliphatic rings. The van der Waals surface area contributed by atoms with E-state index in [1.165, 1.54) is 0 Å². The van der Waals surface area contributed by atoms with Gasteiger partial charge in [-0.05, 0) is 34.1 Å². The zero-order valence-corrected chi connectivity index (χ0v) is 10.7. The Hall–Kier alpha value is -1.32. The van der Waals surface area contributed by atoms with Crippen molar-refractivity contribution in [3.05, 3.63) is 11.8 Å². The maximum Gasteiger partial charge on any atom is 0.226 e. The maximum absolute atomic E-state index is 5.56. The highest BCUT2D eigenvalue weighted by molar-refractivity contribution is 5.31. The average molecular weight is 223 g/mol. The fraction of sp³-hybridized carbons (Fsp3) is 0.667. The molecule has 1 aromatic heterocycles. The Morgan fingerprint density at radius 2 is 2.00 bits per heavy atom. The number of hydrogen-bond donors (Lipinski definition) is 1. The summed E-state index contributed by atoms with van der Waals surface area (Å²) in [5, 5.41) is 3.24. The van der Waals surface area contributed by atoms with Gasteiger partial charge in [-0.2, -0.15) is 4.98 Å². The quantitative estimate of drug-likeness (QED) is 0.833. The van der Waals surface area contributed by atoms with Gasteiger partial charge in [-0.25, -0.2) is 4.98 Å². The predicted octanol–water partition coefficient (Wildman–Crippen LogP) is 2.78. The van der Waals surface area contributed by atoms with Gasteiger partial charge in [0.05, 0.1) is 6.10 Å². The van der Waals surface area contributed by atoms with Crippen LogP contribution >= 0.6 is 0 Å². The third-order valence-corrected chi connectivity index (χ3v) is 2.18. The van der Waals surface area contributed by atoms with Crippen molar-refractivity contribution in [3.63, 3.8) is 0 Å². The summed E-state index contributed by atoms with van der Waals surface area (Å²) < 4.78 is 5.56. The molecular formula is C12H21N3O. The number of anilines is 1. The first-order valence-electron chi connectivity index (χ1n) is 5.80. The minimum atomic E-state index is 0.130. The molecule has 0 radical (unpaired) electrons. The molecule has 0 aliphatic heterocycles. The lowest BCUT2D eigenvalue weighted by atomic mass is 10.3. The van der Waals surface area contributed by atoms with Crippen LogP contribution < -0.4 is 10.1 Å². The van der Waals surface area contributed by atoms with Gasteiger partial charge in [-0.15, -0.1) is 0 Å². The molecule has 1 unspecified atom stereocenters. The molecule has 0 saturated heterocycles. The van der Waals surface area contributed by atoms with Gasteiger partial charge < -0.3 is 10.1 Å². The molecule has 1 heterocycles. The second-order valence-corrected chi connectivity index (χ2v) is 4.29. The highest BCUT2D eigenvalue weighted by Crippen LogP contribution is 2.14. The number of ether oxygens (including phenoxy) is 1. The molecule has 1 aromatic rings. The molecule has 0 aliphatic carbocycles. The van der Waals surface area contributed by atoms with Crippen LogP contribution in [0.3, 0.4) is 0 Å². The molecule has 1 atom stereocenters.